The first kappa shape index (κ1) is 21.2. The summed E-state index contributed by atoms with van der Waals surface area (Å²) in [6.45, 7) is 2.61. The predicted octanol–water partition coefficient (Wildman–Crippen LogP) is 3.40. The minimum absolute atomic E-state index is 0.150. The number of ether oxygens (including phenoxy) is 1. The molecule has 0 saturated carbocycles. The molecule has 29 heavy (non-hydrogen) atoms. The van der Waals surface area contributed by atoms with Gasteiger partial charge in [-0.2, -0.15) is 4.31 Å². The molecule has 6 nitrogen and oxygen atoms in total. The van der Waals surface area contributed by atoms with E-state index in [1.54, 1.807) is 0 Å². The fourth-order valence-corrected chi connectivity index (χ4v) is 4.49. The molecule has 0 bridgehead atoms. The van der Waals surface area contributed by atoms with E-state index in [1.165, 1.54) is 34.6 Å². The summed E-state index contributed by atoms with van der Waals surface area (Å²) in [7, 11) is -3.57. The lowest BCUT2D eigenvalue weighted by Crippen LogP contribution is -2.37. The molecule has 1 aliphatic rings. The molecule has 0 aliphatic carbocycles. The minimum atomic E-state index is -3.57. The molecule has 1 saturated heterocycles. The molecule has 0 radical (unpaired) electrons. The zero-order valence-corrected chi connectivity index (χ0v) is 16.7. The van der Waals surface area contributed by atoms with Crippen molar-refractivity contribution in [3.8, 4) is 5.75 Å². The molecule has 2 aromatic rings. The second-order valence-electron chi connectivity index (χ2n) is 6.99. The van der Waals surface area contributed by atoms with Gasteiger partial charge in [-0.3, -0.25) is 4.79 Å². The zero-order valence-electron chi connectivity index (χ0n) is 15.9. The average Bonchev–Trinajstić information content (AvgIpc) is 2.70. The van der Waals surface area contributed by atoms with Crippen molar-refractivity contribution >= 4 is 21.6 Å². The van der Waals surface area contributed by atoms with Crippen LogP contribution in [0, 0.1) is 17.6 Å². The molecule has 1 fully saturated rings. The number of nitrogens with zero attached hydrogens (tertiary/aromatic N) is 1. The van der Waals surface area contributed by atoms with Crippen LogP contribution in [0.1, 0.15) is 19.8 Å². The Morgan fingerprint density at radius 1 is 1.10 bits per heavy atom. The maximum atomic E-state index is 13.5. The van der Waals surface area contributed by atoms with Crippen LogP contribution in [0.4, 0.5) is 14.5 Å². The topological polar surface area (TPSA) is 75.7 Å². The molecule has 1 heterocycles. The molecule has 2 aromatic carbocycles. The summed E-state index contributed by atoms with van der Waals surface area (Å²) >= 11 is 0. The first-order chi connectivity index (χ1) is 13.8. The summed E-state index contributed by atoms with van der Waals surface area (Å²) in [5, 5.41) is 2.11. The van der Waals surface area contributed by atoms with Crippen LogP contribution in [-0.2, 0) is 14.8 Å². The number of carbonyl (C=O) groups excluding carboxylic acids is 1. The first-order valence-corrected chi connectivity index (χ1v) is 10.7. The normalized spacial score (nSPS) is 15.8. The lowest BCUT2D eigenvalue weighted by Gasteiger charge is -2.29. The Labute approximate surface area is 168 Å². The van der Waals surface area contributed by atoms with E-state index >= 15 is 0 Å². The molecular weight excluding hydrogens is 402 g/mol. The van der Waals surface area contributed by atoms with Gasteiger partial charge >= 0.3 is 0 Å². The highest BCUT2D eigenvalue weighted by Gasteiger charge is 2.28. The van der Waals surface area contributed by atoms with Crippen LogP contribution in [0.25, 0.3) is 0 Å². The van der Waals surface area contributed by atoms with E-state index in [-0.39, 0.29) is 10.6 Å². The summed E-state index contributed by atoms with van der Waals surface area (Å²) in [4.78, 5) is 12.0. The number of halogens is 2. The Balaban J connectivity index is 1.58. The molecule has 0 atom stereocenters. The summed E-state index contributed by atoms with van der Waals surface area (Å²) in [6.07, 6.45) is 1.66. The number of nitrogens with one attached hydrogen (secondary N) is 1. The van der Waals surface area contributed by atoms with E-state index in [0.29, 0.717) is 19.0 Å². The van der Waals surface area contributed by atoms with Crippen molar-refractivity contribution in [1.82, 2.24) is 4.31 Å². The Morgan fingerprint density at radius 2 is 1.69 bits per heavy atom. The average molecular weight is 424 g/mol. The third-order valence-corrected chi connectivity index (χ3v) is 6.71. The summed E-state index contributed by atoms with van der Waals surface area (Å²) in [5.41, 5.74) is -0.543. The highest BCUT2D eigenvalue weighted by molar-refractivity contribution is 7.89. The monoisotopic (exact) mass is 424 g/mol. The quantitative estimate of drug-likeness (QED) is 0.771. The molecule has 1 aliphatic heterocycles. The SMILES string of the molecule is CC1CCN(S(=O)(=O)c2ccc(OCC(=O)Nc3c(F)cccc3F)cc2)CC1. The second-order valence-corrected chi connectivity index (χ2v) is 8.93. The lowest BCUT2D eigenvalue weighted by molar-refractivity contribution is -0.118. The molecule has 1 amide bonds. The molecular formula is C20H22F2N2O4S. The van der Waals surface area contributed by atoms with Crippen LogP contribution in [0.15, 0.2) is 47.4 Å². The number of benzene rings is 2. The third-order valence-electron chi connectivity index (χ3n) is 4.80. The summed E-state index contributed by atoms with van der Waals surface area (Å²) in [5.74, 6) is -1.74. The number of sulfonamides is 1. The Hall–Kier alpha value is -2.52. The minimum Gasteiger partial charge on any atom is -0.484 e. The number of carbonyl (C=O) groups is 1. The van der Waals surface area contributed by atoms with Gasteiger partial charge in [-0.1, -0.05) is 13.0 Å². The smallest absolute Gasteiger partial charge is 0.262 e. The van der Waals surface area contributed by atoms with Gasteiger partial charge in [0.25, 0.3) is 5.91 Å². The molecule has 3 rings (SSSR count). The first-order valence-electron chi connectivity index (χ1n) is 9.24. The van der Waals surface area contributed by atoms with Crippen LogP contribution < -0.4 is 10.1 Å². The number of hydrogen-bond donors (Lipinski definition) is 1. The van der Waals surface area contributed by atoms with Gasteiger partial charge in [-0.05, 0) is 55.2 Å². The van der Waals surface area contributed by atoms with E-state index in [1.807, 2.05) is 0 Å². The van der Waals surface area contributed by atoms with E-state index < -0.39 is 39.9 Å². The Bertz CT molecular complexity index is 952. The second kappa shape index (κ2) is 8.87. The molecule has 1 N–H and O–H groups in total. The Kier molecular flexibility index (Phi) is 6.49. The van der Waals surface area contributed by atoms with E-state index in [2.05, 4.69) is 12.2 Å². The number of anilines is 1. The van der Waals surface area contributed by atoms with E-state index in [0.717, 1.165) is 25.0 Å². The number of piperidine rings is 1. The van der Waals surface area contributed by atoms with Gasteiger partial charge in [0.1, 0.15) is 23.1 Å². The van der Waals surface area contributed by atoms with Crippen LogP contribution in [0.2, 0.25) is 0 Å². The third kappa shape index (κ3) is 5.10. The van der Waals surface area contributed by atoms with E-state index in [9.17, 15) is 22.0 Å². The van der Waals surface area contributed by atoms with Crippen molar-refractivity contribution in [1.29, 1.82) is 0 Å². The van der Waals surface area contributed by atoms with Gasteiger partial charge in [0.05, 0.1) is 4.90 Å². The summed E-state index contributed by atoms with van der Waals surface area (Å²) in [6, 6.07) is 8.96. The zero-order chi connectivity index (χ0) is 21.0. The lowest BCUT2D eigenvalue weighted by atomic mass is 10.0. The van der Waals surface area contributed by atoms with E-state index in [4.69, 9.17) is 4.74 Å². The van der Waals surface area contributed by atoms with Gasteiger partial charge in [0, 0.05) is 13.1 Å². The van der Waals surface area contributed by atoms with Crippen LogP contribution in [0.3, 0.4) is 0 Å². The van der Waals surface area contributed by atoms with Crippen molar-refractivity contribution in [2.24, 2.45) is 5.92 Å². The fraction of sp³-hybridized carbons (Fsp3) is 0.350. The number of rotatable bonds is 6. The Morgan fingerprint density at radius 3 is 2.28 bits per heavy atom. The van der Waals surface area contributed by atoms with Crippen molar-refractivity contribution in [3.63, 3.8) is 0 Å². The molecule has 9 heteroatoms. The molecule has 0 aromatic heterocycles. The standard InChI is InChI=1S/C20H22F2N2O4S/c1-14-9-11-24(12-10-14)29(26,27)16-7-5-15(6-8-16)28-13-19(25)23-20-17(21)3-2-4-18(20)22/h2-8,14H,9-13H2,1H3,(H,23,25). The highest BCUT2D eigenvalue weighted by Crippen LogP contribution is 2.25. The number of para-hydroxylation sites is 1. The maximum Gasteiger partial charge on any atom is 0.262 e. The van der Waals surface area contributed by atoms with Gasteiger partial charge in [0.2, 0.25) is 10.0 Å². The van der Waals surface area contributed by atoms with Crippen LogP contribution in [-0.4, -0.2) is 38.3 Å². The molecule has 0 spiro atoms. The highest BCUT2D eigenvalue weighted by atomic mass is 32.2. The molecule has 156 valence electrons. The predicted molar refractivity (Wildman–Crippen MR) is 104 cm³/mol. The van der Waals surface area contributed by atoms with Crippen LogP contribution >= 0.6 is 0 Å². The van der Waals surface area contributed by atoms with Crippen molar-refractivity contribution < 1.29 is 26.7 Å². The van der Waals surface area contributed by atoms with Crippen molar-refractivity contribution in [3.05, 3.63) is 54.1 Å². The van der Waals surface area contributed by atoms with Gasteiger partial charge in [-0.25, -0.2) is 17.2 Å². The summed E-state index contributed by atoms with van der Waals surface area (Å²) < 4.78 is 59.2. The molecule has 0 unspecified atom stereocenters. The number of amides is 1. The fourth-order valence-electron chi connectivity index (χ4n) is 3.02. The van der Waals surface area contributed by atoms with Gasteiger partial charge < -0.3 is 10.1 Å². The maximum absolute atomic E-state index is 13.5. The largest absolute Gasteiger partial charge is 0.484 e. The van der Waals surface area contributed by atoms with Crippen LogP contribution in [0.5, 0.6) is 5.75 Å². The van der Waals surface area contributed by atoms with Gasteiger partial charge in [-0.15, -0.1) is 0 Å². The number of hydrogen-bond acceptors (Lipinski definition) is 4. The van der Waals surface area contributed by atoms with Gasteiger partial charge in [0.15, 0.2) is 6.61 Å². The van der Waals surface area contributed by atoms with Crippen molar-refractivity contribution in [2.75, 3.05) is 25.0 Å². The van der Waals surface area contributed by atoms with Crippen molar-refractivity contribution in [2.45, 2.75) is 24.7 Å².